The van der Waals surface area contributed by atoms with Gasteiger partial charge in [-0.25, -0.2) is 0 Å². The first-order chi connectivity index (χ1) is 12.0. The quantitative estimate of drug-likeness (QED) is 0.550. The van der Waals surface area contributed by atoms with Gasteiger partial charge in [0.2, 0.25) is 0 Å². The Hall–Kier alpha value is -0.460. The monoisotopic (exact) mass is 371 g/mol. The molecule has 1 N–H and O–H groups in total. The molecule has 0 saturated carbocycles. The fourth-order valence-electron chi connectivity index (χ4n) is 3.17. The zero-order valence-electron chi connectivity index (χ0n) is 16.6. The van der Waals surface area contributed by atoms with Gasteiger partial charge in [-0.1, -0.05) is 0 Å². The molecule has 2 aliphatic heterocycles. The fraction of sp³-hybridized carbons (Fsp3) is 0.947. The van der Waals surface area contributed by atoms with E-state index in [1.807, 2.05) is 11.8 Å². The highest BCUT2D eigenvalue weighted by atomic mass is 32.2. The first kappa shape index (κ1) is 20.8. The Morgan fingerprint density at radius 2 is 2.04 bits per heavy atom. The summed E-state index contributed by atoms with van der Waals surface area (Å²) < 4.78 is 12.1. The van der Waals surface area contributed by atoms with Gasteiger partial charge in [-0.15, -0.1) is 0 Å². The largest absolute Gasteiger partial charge is 0.376 e. The van der Waals surface area contributed by atoms with E-state index in [1.165, 1.54) is 12.8 Å². The van der Waals surface area contributed by atoms with Gasteiger partial charge in [-0.05, 0) is 59.1 Å². The third kappa shape index (κ3) is 7.35. The summed E-state index contributed by atoms with van der Waals surface area (Å²) in [6.45, 7) is 12.1. The highest BCUT2D eigenvalue weighted by Crippen LogP contribution is 2.22. The second-order valence-electron chi connectivity index (χ2n) is 7.64. The summed E-state index contributed by atoms with van der Waals surface area (Å²) >= 11 is 1.87. The first-order valence-electron chi connectivity index (χ1n) is 9.85. The lowest BCUT2D eigenvalue weighted by Gasteiger charge is -2.35. The molecule has 1 atom stereocenters. The zero-order valence-corrected chi connectivity index (χ0v) is 17.4. The van der Waals surface area contributed by atoms with Crippen LogP contribution in [0.5, 0.6) is 0 Å². The predicted molar refractivity (Wildman–Crippen MR) is 108 cm³/mol. The van der Waals surface area contributed by atoms with Crippen LogP contribution in [0, 0.1) is 0 Å². The molecule has 0 bridgehead atoms. The molecule has 0 aromatic rings. The first-order valence-corrected chi connectivity index (χ1v) is 11.1. The Morgan fingerprint density at radius 3 is 2.64 bits per heavy atom. The van der Waals surface area contributed by atoms with Crippen LogP contribution in [-0.2, 0) is 9.47 Å². The van der Waals surface area contributed by atoms with Gasteiger partial charge in [0.05, 0.1) is 25.4 Å². The minimum Gasteiger partial charge on any atom is -0.376 e. The third-order valence-corrected chi connectivity index (χ3v) is 6.26. The molecule has 2 saturated heterocycles. The van der Waals surface area contributed by atoms with E-state index in [2.05, 4.69) is 37.2 Å². The van der Waals surface area contributed by atoms with E-state index >= 15 is 0 Å². The van der Waals surface area contributed by atoms with E-state index in [9.17, 15) is 0 Å². The van der Waals surface area contributed by atoms with Crippen molar-refractivity contribution in [1.82, 2.24) is 10.2 Å². The van der Waals surface area contributed by atoms with E-state index in [0.717, 1.165) is 64.6 Å². The van der Waals surface area contributed by atoms with Crippen LogP contribution in [0.15, 0.2) is 4.99 Å². The van der Waals surface area contributed by atoms with Crippen molar-refractivity contribution in [3.8, 4) is 0 Å². The number of piperidine rings is 1. The van der Waals surface area contributed by atoms with Crippen molar-refractivity contribution in [3.05, 3.63) is 0 Å². The number of hydrogen-bond donors (Lipinski definition) is 1. The molecule has 6 heteroatoms. The highest BCUT2D eigenvalue weighted by molar-refractivity contribution is 7.99. The summed E-state index contributed by atoms with van der Waals surface area (Å²) in [4.78, 5) is 7.26. The van der Waals surface area contributed by atoms with Gasteiger partial charge in [0.1, 0.15) is 0 Å². The summed E-state index contributed by atoms with van der Waals surface area (Å²) in [7, 11) is 0. The molecule has 0 aromatic carbocycles. The van der Waals surface area contributed by atoms with Gasteiger partial charge < -0.3 is 19.7 Å². The van der Waals surface area contributed by atoms with Crippen LogP contribution < -0.4 is 5.32 Å². The van der Waals surface area contributed by atoms with Gasteiger partial charge >= 0.3 is 0 Å². The Morgan fingerprint density at radius 1 is 1.28 bits per heavy atom. The average molecular weight is 372 g/mol. The molecule has 2 fully saturated rings. The van der Waals surface area contributed by atoms with Crippen molar-refractivity contribution >= 4 is 17.7 Å². The van der Waals surface area contributed by atoms with E-state index in [-0.39, 0.29) is 4.75 Å². The molecule has 2 aliphatic rings. The molecule has 0 spiro atoms. The lowest BCUT2D eigenvalue weighted by molar-refractivity contribution is -0.0721. The zero-order chi connectivity index (χ0) is 18.1. The van der Waals surface area contributed by atoms with Gasteiger partial charge in [-0.3, -0.25) is 4.99 Å². The van der Waals surface area contributed by atoms with Crippen LogP contribution >= 0.6 is 11.8 Å². The minimum absolute atomic E-state index is 0.183. The smallest absolute Gasteiger partial charge is 0.193 e. The van der Waals surface area contributed by atoms with Crippen molar-refractivity contribution in [2.45, 2.75) is 69.8 Å². The summed E-state index contributed by atoms with van der Waals surface area (Å²) in [5, 5.41) is 3.45. The van der Waals surface area contributed by atoms with Crippen LogP contribution in [0.3, 0.4) is 0 Å². The van der Waals surface area contributed by atoms with Gasteiger partial charge in [-0.2, -0.15) is 11.8 Å². The van der Waals surface area contributed by atoms with Crippen molar-refractivity contribution in [1.29, 1.82) is 0 Å². The lowest BCUT2D eigenvalue weighted by Crippen LogP contribution is -2.47. The second kappa shape index (κ2) is 10.6. The Labute approximate surface area is 158 Å². The van der Waals surface area contributed by atoms with E-state index in [0.29, 0.717) is 12.2 Å². The molecular formula is C19H37N3O2S. The van der Waals surface area contributed by atoms with Gasteiger partial charge in [0.15, 0.2) is 5.96 Å². The maximum atomic E-state index is 6.13. The number of rotatable bonds is 7. The van der Waals surface area contributed by atoms with E-state index in [4.69, 9.17) is 14.5 Å². The SMILES string of the molecule is CCNC(=NCC(C)(C)SC)N1CCC(OCC2CCCCO2)CC1. The van der Waals surface area contributed by atoms with Crippen LogP contribution in [0.25, 0.3) is 0 Å². The van der Waals surface area contributed by atoms with Crippen molar-refractivity contribution in [2.24, 2.45) is 4.99 Å². The maximum Gasteiger partial charge on any atom is 0.193 e. The molecule has 146 valence electrons. The number of likely N-dealkylation sites (tertiary alicyclic amines) is 1. The molecule has 2 rings (SSSR count). The van der Waals surface area contributed by atoms with Crippen LogP contribution in [0.2, 0.25) is 0 Å². The van der Waals surface area contributed by atoms with E-state index in [1.54, 1.807) is 0 Å². The molecule has 0 aromatic heterocycles. The normalized spacial score (nSPS) is 23.8. The lowest BCUT2D eigenvalue weighted by atomic mass is 10.1. The van der Waals surface area contributed by atoms with Gasteiger partial charge in [0.25, 0.3) is 0 Å². The Bertz CT molecular complexity index is 403. The van der Waals surface area contributed by atoms with Crippen molar-refractivity contribution in [2.75, 3.05) is 45.6 Å². The fourth-order valence-corrected chi connectivity index (χ4v) is 3.37. The van der Waals surface area contributed by atoms with E-state index < -0.39 is 0 Å². The number of aliphatic imine (C=N–C) groups is 1. The third-order valence-electron chi connectivity index (χ3n) is 5.03. The molecule has 0 aliphatic carbocycles. The molecule has 1 unspecified atom stereocenters. The van der Waals surface area contributed by atoms with Crippen LogP contribution in [-0.4, -0.2) is 73.5 Å². The standard InChI is InChI=1S/C19H37N3O2S/c1-5-20-18(21-15-19(2,3)25-4)22-11-9-16(10-12-22)24-14-17-8-6-7-13-23-17/h16-17H,5-15H2,1-4H3,(H,20,21). The maximum absolute atomic E-state index is 6.13. The summed E-state index contributed by atoms with van der Waals surface area (Å²) in [5.41, 5.74) is 0. The summed E-state index contributed by atoms with van der Waals surface area (Å²) in [6.07, 6.45) is 8.62. The highest BCUT2D eigenvalue weighted by Gasteiger charge is 2.24. The Kier molecular flexibility index (Phi) is 8.87. The predicted octanol–water partition coefficient (Wildman–Crippen LogP) is 3.14. The van der Waals surface area contributed by atoms with Gasteiger partial charge in [0, 0.05) is 31.0 Å². The summed E-state index contributed by atoms with van der Waals surface area (Å²) in [6, 6.07) is 0. The van der Waals surface area contributed by atoms with Crippen LogP contribution in [0.4, 0.5) is 0 Å². The number of ether oxygens (including phenoxy) is 2. The number of nitrogens with one attached hydrogen (secondary N) is 1. The average Bonchev–Trinajstić information content (AvgIpc) is 2.65. The molecule has 25 heavy (non-hydrogen) atoms. The topological polar surface area (TPSA) is 46.1 Å². The van der Waals surface area contributed by atoms with Crippen LogP contribution in [0.1, 0.15) is 52.9 Å². The minimum atomic E-state index is 0.183. The molecule has 0 amide bonds. The van der Waals surface area contributed by atoms with Crippen molar-refractivity contribution < 1.29 is 9.47 Å². The summed E-state index contributed by atoms with van der Waals surface area (Å²) in [5.74, 6) is 1.05. The molecular weight excluding hydrogens is 334 g/mol. The second-order valence-corrected chi connectivity index (χ2v) is 9.16. The molecule has 5 nitrogen and oxygen atoms in total. The Balaban J connectivity index is 1.76. The number of nitrogens with zero attached hydrogens (tertiary/aromatic N) is 2. The van der Waals surface area contributed by atoms with Crippen molar-refractivity contribution in [3.63, 3.8) is 0 Å². The molecule has 2 heterocycles. The number of hydrogen-bond acceptors (Lipinski definition) is 4. The molecule has 0 radical (unpaired) electrons. The number of thioether (sulfide) groups is 1. The number of guanidine groups is 1.